The summed E-state index contributed by atoms with van der Waals surface area (Å²) in [5.74, 6) is 1.56. The molecule has 3 fully saturated rings. The van der Waals surface area contributed by atoms with Crippen molar-refractivity contribution >= 4 is 5.82 Å². The summed E-state index contributed by atoms with van der Waals surface area (Å²) < 4.78 is 5.87. The van der Waals surface area contributed by atoms with Crippen LogP contribution in [0.25, 0.3) is 0 Å². The van der Waals surface area contributed by atoms with Crippen molar-refractivity contribution in [2.24, 2.45) is 5.92 Å². The van der Waals surface area contributed by atoms with E-state index in [4.69, 9.17) is 10.5 Å². The molecule has 2 saturated heterocycles. The topological polar surface area (TPSA) is 54.6 Å². The number of hydrogen-bond donors (Lipinski definition) is 1. The number of ether oxygens (including phenoxy) is 1. The number of hydrogen-bond acceptors (Lipinski definition) is 5. The van der Waals surface area contributed by atoms with Gasteiger partial charge in [-0.05, 0) is 24.8 Å². The van der Waals surface area contributed by atoms with E-state index in [1.54, 1.807) is 6.20 Å². The molecule has 2 aliphatic heterocycles. The Labute approximate surface area is 126 Å². The Balaban J connectivity index is 1.41. The Kier molecular flexibility index (Phi) is 3.57. The number of aromatic nitrogens is 1. The first kappa shape index (κ1) is 13.5. The highest BCUT2D eigenvalue weighted by atomic mass is 16.5. The van der Waals surface area contributed by atoms with Crippen molar-refractivity contribution in [3.8, 4) is 0 Å². The van der Waals surface area contributed by atoms with E-state index in [1.165, 1.54) is 12.8 Å². The molecular weight excluding hydrogens is 264 g/mol. The normalized spacial score (nSPS) is 31.0. The molecule has 2 N–H and O–H groups in total. The van der Waals surface area contributed by atoms with Crippen molar-refractivity contribution in [1.82, 2.24) is 14.8 Å². The third-order valence-electron chi connectivity index (χ3n) is 5.12. The van der Waals surface area contributed by atoms with Gasteiger partial charge in [0.05, 0.1) is 13.2 Å². The maximum absolute atomic E-state index is 5.97. The van der Waals surface area contributed by atoms with Gasteiger partial charge in [0.2, 0.25) is 0 Å². The lowest BCUT2D eigenvalue weighted by molar-refractivity contribution is -0.0879. The van der Waals surface area contributed by atoms with E-state index < -0.39 is 0 Å². The van der Waals surface area contributed by atoms with Crippen LogP contribution in [-0.4, -0.2) is 59.7 Å². The number of morpholine rings is 1. The zero-order valence-corrected chi connectivity index (χ0v) is 12.4. The van der Waals surface area contributed by atoms with Gasteiger partial charge in [0.1, 0.15) is 5.82 Å². The molecule has 0 unspecified atom stereocenters. The van der Waals surface area contributed by atoms with Gasteiger partial charge in [-0.1, -0.05) is 6.07 Å². The van der Waals surface area contributed by atoms with Gasteiger partial charge in [0.25, 0.3) is 0 Å². The Hall–Kier alpha value is -1.17. The van der Waals surface area contributed by atoms with Crippen LogP contribution >= 0.6 is 0 Å². The van der Waals surface area contributed by atoms with Gasteiger partial charge < -0.3 is 10.5 Å². The van der Waals surface area contributed by atoms with Crippen molar-refractivity contribution in [2.45, 2.75) is 31.5 Å². The molecule has 0 amide bonds. The fourth-order valence-corrected chi connectivity index (χ4v) is 3.80. The van der Waals surface area contributed by atoms with E-state index in [0.717, 1.165) is 50.9 Å². The zero-order chi connectivity index (χ0) is 14.2. The van der Waals surface area contributed by atoms with Crippen LogP contribution in [-0.2, 0) is 11.3 Å². The zero-order valence-electron chi connectivity index (χ0n) is 12.4. The molecule has 1 saturated carbocycles. The van der Waals surface area contributed by atoms with Crippen LogP contribution in [0, 0.1) is 5.92 Å². The number of nitrogen functional groups attached to an aromatic ring is 1. The van der Waals surface area contributed by atoms with E-state index in [9.17, 15) is 0 Å². The molecule has 1 aliphatic carbocycles. The second-order valence-electron chi connectivity index (χ2n) is 6.62. The molecule has 4 rings (SSSR count). The average molecular weight is 288 g/mol. The molecule has 21 heavy (non-hydrogen) atoms. The van der Waals surface area contributed by atoms with Crippen molar-refractivity contribution in [1.29, 1.82) is 0 Å². The molecule has 0 spiro atoms. The maximum Gasteiger partial charge on any atom is 0.127 e. The quantitative estimate of drug-likeness (QED) is 0.898. The molecule has 3 heterocycles. The van der Waals surface area contributed by atoms with Crippen LogP contribution in [0.4, 0.5) is 5.82 Å². The van der Waals surface area contributed by atoms with E-state index in [-0.39, 0.29) is 0 Å². The summed E-state index contributed by atoms with van der Waals surface area (Å²) in [6, 6.07) is 5.28. The SMILES string of the molecule is Nc1ncccc1CN1CCN2[C@@H](COC[C@@H]2C2CC2)C1. The lowest BCUT2D eigenvalue weighted by Gasteiger charge is -2.48. The van der Waals surface area contributed by atoms with Crippen LogP contribution in [0.5, 0.6) is 0 Å². The molecule has 0 aromatic carbocycles. The van der Waals surface area contributed by atoms with Gasteiger partial charge in [-0.15, -0.1) is 0 Å². The van der Waals surface area contributed by atoms with Crippen LogP contribution in [0.3, 0.4) is 0 Å². The fourth-order valence-electron chi connectivity index (χ4n) is 3.80. The first-order valence-corrected chi connectivity index (χ1v) is 8.06. The Morgan fingerprint density at radius 2 is 2.19 bits per heavy atom. The Morgan fingerprint density at radius 3 is 3.00 bits per heavy atom. The maximum atomic E-state index is 5.97. The smallest absolute Gasteiger partial charge is 0.127 e. The molecule has 1 aromatic heterocycles. The minimum atomic E-state index is 0.552. The van der Waals surface area contributed by atoms with E-state index in [1.807, 2.05) is 6.07 Å². The summed E-state index contributed by atoms with van der Waals surface area (Å²) in [4.78, 5) is 9.39. The summed E-state index contributed by atoms with van der Waals surface area (Å²) >= 11 is 0. The molecule has 5 heteroatoms. The molecule has 0 radical (unpaired) electrons. The largest absolute Gasteiger partial charge is 0.383 e. The second kappa shape index (κ2) is 5.55. The molecule has 1 aromatic rings. The predicted octanol–water partition coefficient (Wildman–Crippen LogP) is 0.959. The molecule has 114 valence electrons. The molecule has 2 atom stereocenters. The van der Waals surface area contributed by atoms with Gasteiger partial charge in [-0.3, -0.25) is 9.80 Å². The Bertz CT molecular complexity index is 505. The number of nitrogens with zero attached hydrogens (tertiary/aromatic N) is 3. The first-order chi connectivity index (χ1) is 10.3. The molecule has 5 nitrogen and oxygen atoms in total. The number of fused-ring (bicyclic) bond motifs is 1. The summed E-state index contributed by atoms with van der Waals surface area (Å²) in [6.07, 6.45) is 4.55. The van der Waals surface area contributed by atoms with Crippen LogP contribution in [0.15, 0.2) is 18.3 Å². The number of rotatable bonds is 3. The minimum absolute atomic E-state index is 0.552. The van der Waals surface area contributed by atoms with Crippen molar-refractivity contribution in [3.63, 3.8) is 0 Å². The lowest BCUT2D eigenvalue weighted by atomic mass is 10.0. The lowest BCUT2D eigenvalue weighted by Crippen LogP contribution is -2.62. The number of anilines is 1. The monoisotopic (exact) mass is 288 g/mol. The van der Waals surface area contributed by atoms with Crippen LogP contribution < -0.4 is 5.73 Å². The predicted molar refractivity (Wildman–Crippen MR) is 81.8 cm³/mol. The van der Waals surface area contributed by atoms with Gasteiger partial charge in [0, 0.05) is 50.0 Å². The highest BCUT2D eigenvalue weighted by Crippen LogP contribution is 2.38. The van der Waals surface area contributed by atoms with Crippen molar-refractivity contribution in [3.05, 3.63) is 23.9 Å². The number of piperazine rings is 1. The number of pyridine rings is 1. The first-order valence-electron chi connectivity index (χ1n) is 8.06. The fraction of sp³-hybridized carbons (Fsp3) is 0.688. The van der Waals surface area contributed by atoms with Gasteiger partial charge in [0.15, 0.2) is 0 Å². The molecule has 0 bridgehead atoms. The van der Waals surface area contributed by atoms with Gasteiger partial charge in [-0.25, -0.2) is 4.98 Å². The summed E-state index contributed by atoms with van der Waals surface area (Å²) in [5.41, 5.74) is 7.11. The van der Waals surface area contributed by atoms with Crippen molar-refractivity contribution in [2.75, 3.05) is 38.6 Å². The third kappa shape index (κ3) is 2.78. The molecule has 3 aliphatic rings. The van der Waals surface area contributed by atoms with Crippen LogP contribution in [0.1, 0.15) is 18.4 Å². The van der Waals surface area contributed by atoms with Crippen molar-refractivity contribution < 1.29 is 4.74 Å². The van der Waals surface area contributed by atoms with Gasteiger partial charge in [-0.2, -0.15) is 0 Å². The third-order valence-corrected chi connectivity index (χ3v) is 5.12. The minimum Gasteiger partial charge on any atom is -0.383 e. The number of nitrogens with two attached hydrogens (primary N) is 1. The highest BCUT2D eigenvalue weighted by molar-refractivity contribution is 5.38. The van der Waals surface area contributed by atoms with Gasteiger partial charge >= 0.3 is 0 Å². The molecular formula is C16H24N4O. The average Bonchev–Trinajstić information content (AvgIpc) is 3.33. The Morgan fingerprint density at radius 1 is 1.29 bits per heavy atom. The van der Waals surface area contributed by atoms with E-state index in [2.05, 4.69) is 20.9 Å². The standard InChI is InChI=1S/C16H24N4O/c17-16-13(2-1-5-18-16)8-19-6-7-20-14(9-19)10-21-11-15(20)12-3-4-12/h1-2,5,12,14-15H,3-4,6-11H2,(H2,17,18)/t14-,15-/m1/s1. The second-order valence-corrected chi connectivity index (χ2v) is 6.62. The summed E-state index contributed by atoms with van der Waals surface area (Å²) in [7, 11) is 0. The highest BCUT2D eigenvalue weighted by Gasteiger charge is 2.42. The van der Waals surface area contributed by atoms with E-state index in [0.29, 0.717) is 17.9 Å². The van der Waals surface area contributed by atoms with Crippen LogP contribution in [0.2, 0.25) is 0 Å². The van der Waals surface area contributed by atoms with E-state index >= 15 is 0 Å². The summed E-state index contributed by atoms with van der Waals surface area (Å²) in [5, 5.41) is 0. The summed E-state index contributed by atoms with van der Waals surface area (Å²) in [6.45, 7) is 6.08.